The molecule has 4 bridgehead atoms. The molecule has 1 aromatic heterocycles. The van der Waals surface area contributed by atoms with Crippen LogP contribution in [0.4, 0.5) is 5.69 Å². The molecule has 3 nitrogen and oxygen atoms in total. The zero-order chi connectivity index (χ0) is 19.3. The highest BCUT2D eigenvalue weighted by atomic mass is 15.3. The summed E-state index contributed by atoms with van der Waals surface area (Å²) in [6.45, 7) is 0. The van der Waals surface area contributed by atoms with E-state index in [-0.39, 0.29) is 5.41 Å². The van der Waals surface area contributed by atoms with E-state index in [2.05, 4.69) is 59.6 Å². The highest BCUT2D eigenvalue weighted by Gasteiger charge is 2.53. The van der Waals surface area contributed by atoms with E-state index in [1.54, 1.807) is 0 Å². The Bertz CT molecular complexity index is 997. The number of aliphatic imine (C=N–C) groups is 1. The van der Waals surface area contributed by atoms with Gasteiger partial charge < -0.3 is 0 Å². The van der Waals surface area contributed by atoms with Crippen molar-refractivity contribution in [2.75, 3.05) is 0 Å². The average molecular weight is 382 g/mol. The van der Waals surface area contributed by atoms with E-state index in [1.807, 2.05) is 18.2 Å². The Morgan fingerprint density at radius 1 is 0.828 bits per heavy atom. The standard InChI is InChI=1S/C26H27N3/c1-3-7-23(8-4-1)27-17-22-18-29(24-9-5-2-6-10-24)28-25(22)26-14-19-11-20(15-26)13-21(12-19)16-26/h1-10,17-21H,11-16H2. The number of benzene rings is 2. The zero-order valence-corrected chi connectivity index (χ0v) is 16.7. The first-order chi connectivity index (χ1) is 14.3. The quantitative estimate of drug-likeness (QED) is 0.503. The summed E-state index contributed by atoms with van der Waals surface area (Å²) in [7, 11) is 0. The Morgan fingerprint density at radius 3 is 2.03 bits per heavy atom. The van der Waals surface area contributed by atoms with Gasteiger partial charge >= 0.3 is 0 Å². The van der Waals surface area contributed by atoms with E-state index < -0.39 is 0 Å². The fourth-order valence-corrected chi connectivity index (χ4v) is 6.67. The third-order valence-electron chi connectivity index (χ3n) is 7.41. The van der Waals surface area contributed by atoms with Crippen molar-refractivity contribution in [3.05, 3.63) is 78.1 Å². The lowest BCUT2D eigenvalue weighted by atomic mass is 9.48. The molecule has 0 aliphatic heterocycles. The van der Waals surface area contributed by atoms with Gasteiger partial charge in [-0.15, -0.1) is 0 Å². The van der Waals surface area contributed by atoms with Crippen LogP contribution in [0, 0.1) is 17.8 Å². The van der Waals surface area contributed by atoms with Gasteiger partial charge in [-0.05, 0) is 80.5 Å². The predicted molar refractivity (Wildman–Crippen MR) is 117 cm³/mol. The van der Waals surface area contributed by atoms with Crippen molar-refractivity contribution in [3.63, 3.8) is 0 Å². The molecule has 0 atom stereocenters. The first kappa shape index (κ1) is 17.2. The predicted octanol–water partition coefficient (Wildman–Crippen LogP) is 6.09. The van der Waals surface area contributed by atoms with Crippen LogP contribution in [-0.2, 0) is 5.41 Å². The van der Waals surface area contributed by atoms with Gasteiger partial charge in [0.15, 0.2) is 0 Å². The van der Waals surface area contributed by atoms with Gasteiger partial charge in [0.1, 0.15) is 0 Å². The summed E-state index contributed by atoms with van der Waals surface area (Å²) >= 11 is 0. The van der Waals surface area contributed by atoms with E-state index in [0.717, 1.165) is 29.1 Å². The van der Waals surface area contributed by atoms with Gasteiger partial charge in [-0.2, -0.15) is 5.10 Å². The lowest BCUT2D eigenvalue weighted by molar-refractivity contribution is -0.00739. The second-order valence-electron chi connectivity index (χ2n) is 9.50. The molecular weight excluding hydrogens is 354 g/mol. The maximum atomic E-state index is 5.21. The van der Waals surface area contributed by atoms with E-state index in [9.17, 15) is 0 Å². The monoisotopic (exact) mass is 381 g/mol. The second-order valence-corrected chi connectivity index (χ2v) is 9.50. The fourth-order valence-electron chi connectivity index (χ4n) is 6.67. The first-order valence-corrected chi connectivity index (χ1v) is 11.0. The molecule has 146 valence electrons. The van der Waals surface area contributed by atoms with Crippen LogP contribution in [0.5, 0.6) is 0 Å². The Kier molecular flexibility index (Phi) is 3.97. The van der Waals surface area contributed by atoms with E-state index in [0.29, 0.717) is 0 Å². The summed E-state index contributed by atoms with van der Waals surface area (Å²) in [6.07, 6.45) is 12.5. The molecule has 0 saturated heterocycles. The van der Waals surface area contributed by atoms with Crippen LogP contribution in [0.25, 0.3) is 5.69 Å². The highest BCUT2D eigenvalue weighted by molar-refractivity contribution is 5.83. The Labute approximate surface area is 172 Å². The molecular formula is C26H27N3. The zero-order valence-electron chi connectivity index (χ0n) is 16.7. The van der Waals surface area contributed by atoms with Crippen molar-refractivity contribution < 1.29 is 0 Å². The van der Waals surface area contributed by atoms with Crippen LogP contribution in [0.3, 0.4) is 0 Å². The van der Waals surface area contributed by atoms with Gasteiger partial charge in [-0.25, -0.2) is 4.68 Å². The summed E-state index contributed by atoms with van der Waals surface area (Å²) in [4.78, 5) is 4.79. The molecule has 4 aliphatic carbocycles. The van der Waals surface area contributed by atoms with Gasteiger partial charge in [0.2, 0.25) is 0 Å². The molecule has 0 unspecified atom stereocenters. The highest BCUT2D eigenvalue weighted by Crippen LogP contribution is 2.60. The van der Waals surface area contributed by atoms with Crippen LogP contribution < -0.4 is 0 Å². The van der Waals surface area contributed by atoms with Crippen LogP contribution in [0.1, 0.15) is 49.8 Å². The van der Waals surface area contributed by atoms with Gasteiger partial charge in [0.05, 0.1) is 17.1 Å². The van der Waals surface area contributed by atoms with E-state index >= 15 is 0 Å². The number of hydrogen-bond donors (Lipinski definition) is 0. The molecule has 3 aromatic rings. The van der Waals surface area contributed by atoms with Crippen molar-refractivity contribution in [3.8, 4) is 5.69 Å². The third kappa shape index (κ3) is 3.04. The molecule has 0 amide bonds. The van der Waals surface area contributed by atoms with Gasteiger partial charge in [-0.1, -0.05) is 36.4 Å². The molecule has 2 aromatic carbocycles. The Hall–Kier alpha value is -2.68. The molecule has 3 heteroatoms. The summed E-state index contributed by atoms with van der Waals surface area (Å²) in [5.41, 5.74) is 4.86. The number of aromatic nitrogens is 2. The molecule has 29 heavy (non-hydrogen) atoms. The minimum atomic E-state index is 0.257. The normalized spacial score (nSPS) is 30.3. The number of rotatable bonds is 4. The molecule has 4 saturated carbocycles. The average Bonchev–Trinajstić information content (AvgIpc) is 3.18. The molecule has 4 aliphatic rings. The summed E-state index contributed by atoms with van der Waals surface area (Å²) in [6, 6.07) is 20.7. The van der Waals surface area contributed by atoms with Crippen molar-refractivity contribution in [2.45, 2.75) is 43.9 Å². The smallest absolute Gasteiger partial charge is 0.0778 e. The summed E-state index contributed by atoms with van der Waals surface area (Å²) in [5, 5.41) is 5.21. The molecule has 0 radical (unpaired) electrons. The molecule has 0 spiro atoms. The Morgan fingerprint density at radius 2 is 1.41 bits per heavy atom. The summed E-state index contributed by atoms with van der Waals surface area (Å²) in [5.74, 6) is 2.71. The van der Waals surface area contributed by atoms with Crippen molar-refractivity contribution in [2.24, 2.45) is 22.7 Å². The SMILES string of the molecule is C(=Nc1ccccc1)c1cn(-c2ccccc2)nc1C12CC3CC(CC(C3)C1)C2. The summed E-state index contributed by atoms with van der Waals surface area (Å²) < 4.78 is 2.07. The van der Waals surface area contributed by atoms with E-state index in [1.165, 1.54) is 49.8 Å². The molecule has 7 rings (SSSR count). The van der Waals surface area contributed by atoms with Crippen molar-refractivity contribution in [1.29, 1.82) is 0 Å². The van der Waals surface area contributed by atoms with Gasteiger partial charge in [-0.3, -0.25) is 4.99 Å². The van der Waals surface area contributed by atoms with Gasteiger partial charge in [0, 0.05) is 23.4 Å². The van der Waals surface area contributed by atoms with E-state index in [4.69, 9.17) is 10.1 Å². The Balaban J connectivity index is 1.44. The number of para-hydroxylation sites is 2. The largest absolute Gasteiger partial charge is 0.256 e. The van der Waals surface area contributed by atoms with Crippen LogP contribution >= 0.6 is 0 Å². The number of hydrogen-bond acceptors (Lipinski definition) is 2. The van der Waals surface area contributed by atoms with Crippen LogP contribution in [0.2, 0.25) is 0 Å². The minimum absolute atomic E-state index is 0.257. The molecule has 0 N–H and O–H groups in total. The minimum Gasteiger partial charge on any atom is -0.256 e. The maximum absolute atomic E-state index is 5.21. The lowest BCUT2D eigenvalue weighted by Gasteiger charge is -2.56. The first-order valence-electron chi connectivity index (χ1n) is 11.0. The van der Waals surface area contributed by atoms with Crippen molar-refractivity contribution >= 4 is 11.9 Å². The topological polar surface area (TPSA) is 30.2 Å². The fraction of sp³-hybridized carbons (Fsp3) is 0.385. The molecule has 1 heterocycles. The van der Waals surface area contributed by atoms with Crippen molar-refractivity contribution in [1.82, 2.24) is 9.78 Å². The number of nitrogens with zero attached hydrogens (tertiary/aromatic N) is 3. The maximum Gasteiger partial charge on any atom is 0.0778 e. The van der Waals surface area contributed by atoms with Crippen LogP contribution in [-0.4, -0.2) is 16.0 Å². The third-order valence-corrected chi connectivity index (χ3v) is 7.41. The molecule has 4 fully saturated rings. The van der Waals surface area contributed by atoms with Crippen LogP contribution in [0.15, 0.2) is 71.9 Å². The second kappa shape index (κ2) is 6.69. The lowest BCUT2D eigenvalue weighted by Crippen LogP contribution is -2.49. The van der Waals surface area contributed by atoms with Gasteiger partial charge in [0.25, 0.3) is 0 Å².